The molecule has 0 radical (unpaired) electrons. The van der Waals surface area contributed by atoms with Gasteiger partial charge in [0.15, 0.2) is 6.04 Å². The predicted molar refractivity (Wildman–Crippen MR) is 82.2 cm³/mol. The molecule has 0 aromatic heterocycles. The number of benzene rings is 2. The number of carbonyl (C=O) groups is 1. The second-order valence-corrected chi connectivity index (χ2v) is 4.46. The SMILES string of the molecule is COC(=O)C(Nc1ccc(OC)cc1N)c1ccccc1. The van der Waals surface area contributed by atoms with Gasteiger partial charge in [-0.05, 0) is 17.7 Å². The zero-order valence-corrected chi connectivity index (χ0v) is 12.0. The Balaban J connectivity index is 2.29. The number of rotatable bonds is 5. The molecule has 0 saturated heterocycles. The summed E-state index contributed by atoms with van der Waals surface area (Å²) in [4.78, 5) is 12.0. The fraction of sp³-hybridized carbons (Fsp3) is 0.188. The van der Waals surface area contributed by atoms with Crippen molar-refractivity contribution in [3.63, 3.8) is 0 Å². The standard InChI is InChI=1S/C16H18N2O3/c1-20-12-8-9-14(13(17)10-12)18-15(16(19)21-2)11-6-4-3-5-7-11/h3-10,15,18H,17H2,1-2H3. The predicted octanol–water partition coefficient (Wildman–Crippen LogP) is 2.60. The Hall–Kier alpha value is -2.69. The molecule has 1 atom stereocenters. The molecule has 5 heteroatoms. The largest absolute Gasteiger partial charge is 0.497 e. The van der Waals surface area contributed by atoms with Gasteiger partial charge < -0.3 is 20.5 Å². The van der Waals surface area contributed by atoms with E-state index in [1.54, 1.807) is 25.3 Å². The summed E-state index contributed by atoms with van der Waals surface area (Å²) in [5.74, 6) is 0.281. The van der Waals surface area contributed by atoms with Gasteiger partial charge in [-0.15, -0.1) is 0 Å². The minimum atomic E-state index is -0.619. The van der Waals surface area contributed by atoms with Crippen molar-refractivity contribution < 1.29 is 14.3 Å². The Labute approximate surface area is 123 Å². The molecule has 110 valence electrons. The van der Waals surface area contributed by atoms with E-state index in [1.807, 2.05) is 30.3 Å². The Morgan fingerprint density at radius 2 is 1.86 bits per heavy atom. The summed E-state index contributed by atoms with van der Waals surface area (Å²) in [6.07, 6.45) is 0. The number of hydrogen-bond donors (Lipinski definition) is 2. The molecule has 2 aromatic rings. The number of nitrogen functional groups attached to an aromatic ring is 1. The summed E-state index contributed by atoms with van der Waals surface area (Å²) in [6.45, 7) is 0. The van der Waals surface area contributed by atoms with Crippen molar-refractivity contribution >= 4 is 17.3 Å². The second kappa shape index (κ2) is 6.65. The number of methoxy groups -OCH3 is 2. The highest BCUT2D eigenvalue weighted by atomic mass is 16.5. The quantitative estimate of drug-likeness (QED) is 0.653. The van der Waals surface area contributed by atoms with Crippen molar-refractivity contribution in [2.45, 2.75) is 6.04 Å². The van der Waals surface area contributed by atoms with E-state index in [1.165, 1.54) is 7.11 Å². The zero-order chi connectivity index (χ0) is 15.2. The molecule has 2 aromatic carbocycles. The minimum absolute atomic E-state index is 0.378. The monoisotopic (exact) mass is 286 g/mol. The lowest BCUT2D eigenvalue weighted by Gasteiger charge is -2.19. The van der Waals surface area contributed by atoms with Gasteiger partial charge in [0.2, 0.25) is 0 Å². The van der Waals surface area contributed by atoms with Crippen LogP contribution < -0.4 is 15.8 Å². The van der Waals surface area contributed by atoms with Crippen molar-refractivity contribution in [3.05, 3.63) is 54.1 Å². The number of ether oxygens (including phenoxy) is 2. The van der Waals surface area contributed by atoms with Crippen molar-refractivity contribution in [2.24, 2.45) is 0 Å². The molecular formula is C16H18N2O3. The summed E-state index contributed by atoms with van der Waals surface area (Å²) < 4.78 is 9.97. The molecular weight excluding hydrogens is 268 g/mol. The van der Waals surface area contributed by atoms with E-state index >= 15 is 0 Å². The van der Waals surface area contributed by atoms with Crippen LogP contribution in [0.2, 0.25) is 0 Å². The van der Waals surface area contributed by atoms with E-state index in [4.69, 9.17) is 15.2 Å². The first-order valence-corrected chi connectivity index (χ1v) is 6.48. The highest BCUT2D eigenvalue weighted by Gasteiger charge is 2.21. The van der Waals surface area contributed by atoms with Gasteiger partial charge >= 0.3 is 5.97 Å². The van der Waals surface area contributed by atoms with Crippen LogP contribution in [0.25, 0.3) is 0 Å². The fourth-order valence-corrected chi connectivity index (χ4v) is 2.00. The normalized spacial score (nSPS) is 11.5. The average molecular weight is 286 g/mol. The second-order valence-electron chi connectivity index (χ2n) is 4.46. The number of anilines is 2. The summed E-state index contributed by atoms with van der Waals surface area (Å²) in [5, 5.41) is 3.11. The molecule has 21 heavy (non-hydrogen) atoms. The van der Waals surface area contributed by atoms with Gasteiger partial charge in [0.25, 0.3) is 0 Å². The van der Waals surface area contributed by atoms with Crippen LogP contribution in [0.1, 0.15) is 11.6 Å². The van der Waals surface area contributed by atoms with Crippen molar-refractivity contribution in [3.8, 4) is 5.75 Å². The van der Waals surface area contributed by atoms with Gasteiger partial charge in [-0.1, -0.05) is 30.3 Å². The number of hydrogen-bond acceptors (Lipinski definition) is 5. The molecule has 3 N–H and O–H groups in total. The van der Waals surface area contributed by atoms with E-state index in [0.29, 0.717) is 17.1 Å². The molecule has 1 unspecified atom stereocenters. The molecule has 2 rings (SSSR count). The maximum Gasteiger partial charge on any atom is 0.332 e. The lowest BCUT2D eigenvalue weighted by atomic mass is 10.1. The lowest BCUT2D eigenvalue weighted by molar-refractivity contribution is -0.141. The van der Waals surface area contributed by atoms with E-state index in [0.717, 1.165) is 5.56 Å². The Bertz CT molecular complexity index is 614. The molecule has 0 aliphatic carbocycles. The lowest BCUT2D eigenvalue weighted by Crippen LogP contribution is -2.22. The number of nitrogens with one attached hydrogen (secondary N) is 1. The Morgan fingerprint density at radius 1 is 1.14 bits per heavy atom. The van der Waals surface area contributed by atoms with Gasteiger partial charge in [-0.25, -0.2) is 4.79 Å². The van der Waals surface area contributed by atoms with Gasteiger partial charge in [0, 0.05) is 6.07 Å². The first-order valence-electron chi connectivity index (χ1n) is 6.48. The van der Waals surface area contributed by atoms with Crippen molar-refractivity contribution in [1.29, 1.82) is 0 Å². The van der Waals surface area contributed by atoms with E-state index in [-0.39, 0.29) is 5.97 Å². The molecule has 0 bridgehead atoms. The van der Waals surface area contributed by atoms with Gasteiger partial charge in [0.05, 0.1) is 25.6 Å². The molecule has 0 spiro atoms. The molecule has 0 fully saturated rings. The number of esters is 1. The van der Waals surface area contributed by atoms with Crippen LogP contribution in [0.5, 0.6) is 5.75 Å². The molecule has 0 amide bonds. The van der Waals surface area contributed by atoms with Crippen molar-refractivity contribution in [2.75, 3.05) is 25.3 Å². The van der Waals surface area contributed by atoms with Gasteiger partial charge in [-0.3, -0.25) is 0 Å². The number of carbonyl (C=O) groups excluding carboxylic acids is 1. The summed E-state index contributed by atoms with van der Waals surface area (Å²) in [7, 11) is 2.93. The first-order chi connectivity index (χ1) is 10.2. The van der Waals surface area contributed by atoms with Crippen molar-refractivity contribution in [1.82, 2.24) is 0 Å². The fourth-order valence-electron chi connectivity index (χ4n) is 2.00. The molecule has 5 nitrogen and oxygen atoms in total. The van der Waals surface area contributed by atoms with Crippen LogP contribution in [-0.2, 0) is 9.53 Å². The van der Waals surface area contributed by atoms with Crippen LogP contribution in [0.3, 0.4) is 0 Å². The summed E-state index contributed by atoms with van der Waals surface area (Å²) >= 11 is 0. The van der Waals surface area contributed by atoms with Crippen LogP contribution in [0.4, 0.5) is 11.4 Å². The molecule has 0 aliphatic heterocycles. The molecule has 0 aliphatic rings. The Kier molecular flexibility index (Phi) is 4.66. The summed E-state index contributed by atoms with van der Waals surface area (Å²) in [5.41, 5.74) is 7.92. The van der Waals surface area contributed by atoms with Crippen LogP contribution >= 0.6 is 0 Å². The third kappa shape index (κ3) is 3.45. The minimum Gasteiger partial charge on any atom is -0.497 e. The van der Waals surface area contributed by atoms with E-state index < -0.39 is 6.04 Å². The molecule has 0 saturated carbocycles. The van der Waals surface area contributed by atoms with Crippen LogP contribution in [0, 0.1) is 0 Å². The highest BCUT2D eigenvalue weighted by Crippen LogP contribution is 2.28. The summed E-state index contributed by atoms with van der Waals surface area (Å²) in [6, 6.07) is 14.0. The average Bonchev–Trinajstić information content (AvgIpc) is 2.53. The van der Waals surface area contributed by atoms with E-state index in [9.17, 15) is 4.79 Å². The maximum absolute atomic E-state index is 12.0. The van der Waals surface area contributed by atoms with Gasteiger partial charge in [-0.2, -0.15) is 0 Å². The maximum atomic E-state index is 12.0. The third-order valence-electron chi connectivity index (χ3n) is 3.13. The smallest absolute Gasteiger partial charge is 0.332 e. The zero-order valence-electron chi connectivity index (χ0n) is 12.0. The van der Waals surface area contributed by atoms with Crippen LogP contribution in [-0.4, -0.2) is 20.2 Å². The van der Waals surface area contributed by atoms with Gasteiger partial charge in [0.1, 0.15) is 5.75 Å². The van der Waals surface area contributed by atoms with Crippen LogP contribution in [0.15, 0.2) is 48.5 Å². The molecule has 0 heterocycles. The van der Waals surface area contributed by atoms with E-state index in [2.05, 4.69) is 5.32 Å². The third-order valence-corrected chi connectivity index (χ3v) is 3.13. The first kappa shape index (κ1) is 14.7. The number of nitrogens with two attached hydrogens (primary N) is 1. The highest BCUT2D eigenvalue weighted by molar-refractivity contribution is 5.83. The topological polar surface area (TPSA) is 73.6 Å². The Morgan fingerprint density at radius 3 is 2.43 bits per heavy atom.